The number of thiophene rings is 1. The first-order valence-electron chi connectivity index (χ1n) is 16.1. The second-order valence-corrected chi connectivity index (χ2v) is 14.8. The zero-order chi connectivity index (χ0) is 35.6. The van der Waals surface area contributed by atoms with Gasteiger partial charge in [0.1, 0.15) is 33.6 Å². The molecule has 49 heavy (non-hydrogen) atoms. The lowest BCUT2D eigenvalue weighted by molar-refractivity contribution is 0.0165. The number of carbonyl (C=O) groups excluding carboxylic acids is 3. The molecule has 260 valence electrons. The Morgan fingerprint density at radius 3 is 2.31 bits per heavy atom. The van der Waals surface area contributed by atoms with E-state index in [1.54, 1.807) is 48.4 Å². The maximum absolute atomic E-state index is 14.8. The van der Waals surface area contributed by atoms with Gasteiger partial charge in [-0.05, 0) is 99.9 Å². The Hall–Kier alpha value is -4.09. The summed E-state index contributed by atoms with van der Waals surface area (Å²) in [6.45, 7) is 7.41. The van der Waals surface area contributed by atoms with Crippen LogP contribution in [0.2, 0.25) is 5.02 Å². The van der Waals surface area contributed by atoms with E-state index in [0.717, 1.165) is 60.3 Å². The van der Waals surface area contributed by atoms with E-state index in [9.17, 15) is 23.2 Å². The Morgan fingerprint density at radius 2 is 1.67 bits per heavy atom. The standard InChI is InChI=1S/C37H40ClF2N3O5S/c1-21(44)29-18-24(15-16-41-29)23-9-14-30(47-6)25(17-23)20-43(35(45)34-32(38)31-27(39)12-13-28(40)33(31)49-34)19-22-7-10-26(11-8-22)42(5)36(46)48-37(2,3)4/h9,12-18,22,26H,7-8,10-11,19-20H2,1-6H3. The molecular formula is C37H40ClF2N3O5S. The molecule has 0 unspecified atom stereocenters. The number of benzene rings is 2. The minimum absolute atomic E-state index is 0.00438. The summed E-state index contributed by atoms with van der Waals surface area (Å²) in [7, 11) is 3.29. The molecule has 1 aliphatic carbocycles. The van der Waals surface area contributed by atoms with Crippen molar-refractivity contribution in [3.63, 3.8) is 0 Å². The summed E-state index contributed by atoms with van der Waals surface area (Å²) in [5, 5.41) is -0.233. The molecule has 0 saturated heterocycles. The van der Waals surface area contributed by atoms with E-state index in [1.807, 2.05) is 32.9 Å². The molecule has 8 nitrogen and oxygen atoms in total. The predicted molar refractivity (Wildman–Crippen MR) is 187 cm³/mol. The average molecular weight is 712 g/mol. The summed E-state index contributed by atoms with van der Waals surface area (Å²) in [6.07, 6.45) is 4.14. The second kappa shape index (κ2) is 14.8. The Bertz CT molecular complexity index is 1880. The molecular weight excluding hydrogens is 672 g/mol. The van der Waals surface area contributed by atoms with Crippen molar-refractivity contribution < 1.29 is 32.6 Å². The number of aromatic nitrogens is 1. The largest absolute Gasteiger partial charge is 0.496 e. The van der Waals surface area contributed by atoms with Crippen molar-refractivity contribution in [2.45, 2.75) is 71.6 Å². The number of Topliss-reactive ketones (excluding diaryl/α,β-unsaturated/α-hetero) is 1. The number of halogens is 3. The van der Waals surface area contributed by atoms with E-state index in [2.05, 4.69) is 4.98 Å². The summed E-state index contributed by atoms with van der Waals surface area (Å²) < 4.78 is 40.8. The minimum Gasteiger partial charge on any atom is -0.496 e. The highest BCUT2D eigenvalue weighted by Gasteiger charge is 2.33. The topological polar surface area (TPSA) is 89.0 Å². The van der Waals surface area contributed by atoms with Crippen LogP contribution in [0.4, 0.5) is 13.6 Å². The van der Waals surface area contributed by atoms with Crippen LogP contribution in [0.15, 0.2) is 48.7 Å². The molecule has 5 rings (SSSR count). The summed E-state index contributed by atoms with van der Waals surface area (Å²) in [5.74, 6) is -1.34. The van der Waals surface area contributed by atoms with Crippen molar-refractivity contribution in [3.8, 4) is 16.9 Å². The van der Waals surface area contributed by atoms with E-state index in [-0.39, 0.29) is 50.4 Å². The number of ether oxygens (including phenoxy) is 2. The molecule has 0 spiro atoms. The fourth-order valence-corrected chi connectivity index (χ4v) is 7.71. The number of ketones is 1. The Balaban J connectivity index is 1.46. The van der Waals surface area contributed by atoms with Crippen LogP contribution in [-0.2, 0) is 11.3 Å². The van der Waals surface area contributed by atoms with Gasteiger partial charge in [0.25, 0.3) is 5.91 Å². The van der Waals surface area contributed by atoms with E-state index >= 15 is 0 Å². The zero-order valence-corrected chi connectivity index (χ0v) is 30.0. The summed E-state index contributed by atoms with van der Waals surface area (Å²) in [5.41, 5.74) is 1.99. The van der Waals surface area contributed by atoms with Gasteiger partial charge in [0, 0.05) is 44.9 Å². The first-order valence-corrected chi connectivity index (χ1v) is 17.3. The summed E-state index contributed by atoms with van der Waals surface area (Å²) in [6, 6.07) is 11.1. The van der Waals surface area contributed by atoms with Crippen molar-refractivity contribution in [1.82, 2.24) is 14.8 Å². The quantitative estimate of drug-likeness (QED) is 0.161. The lowest BCUT2D eigenvalue weighted by Crippen LogP contribution is -2.43. The number of amides is 2. The van der Waals surface area contributed by atoms with Gasteiger partial charge in [-0.25, -0.2) is 13.6 Å². The first kappa shape index (κ1) is 36.2. The van der Waals surface area contributed by atoms with Crippen LogP contribution >= 0.6 is 22.9 Å². The second-order valence-electron chi connectivity index (χ2n) is 13.4. The van der Waals surface area contributed by atoms with Gasteiger partial charge in [-0.15, -0.1) is 11.3 Å². The molecule has 0 aliphatic heterocycles. The normalized spacial score (nSPS) is 16.3. The van der Waals surface area contributed by atoms with Crippen LogP contribution in [0.3, 0.4) is 0 Å². The molecule has 2 amide bonds. The van der Waals surface area contributed by atoms with Gasteiger partial charge in [-0.1, -0.05) is 17.7 Å². The molecule has 2 aromatic heterocycles. The molecule has 2 heterocycles. The van der Waals surface area contributed by atoms with Crippen molar-refractivity contribution >= 4 is 50.8 Å². The first-order chi connectivity index (χ1) is 23.2. The molecule has 0 N–H and O–H groups in total. The summed E-state index contributed by atoms with van der Waals surface area (Å²) in [4.78, 5) is 46.6. The van der Waals surface area contributed by atoms with Gasteiger partial charge in [0.2, 0.25) is 0 Å². The molecule has 1 aliphatic rings. The zero-order valence-electron chi connectivity index (χ0n) is 28.4. The Labute approximate surface area is 294 Å². The van der Waals surface area contributed by atoms with Crippen molar-refractivity contribution in [2.75, 3.05) is 20.7 Å². The van der Waals surface area contributed by atoms with Crippen molar-refractivity contribution in [1.29, 1.82) is 0 Å². The average Bonchev–Trinajstić information content (AvgIpc) is 3.43. The summed E-state index contributed by atoms with van der Waals surface area (Å²) >= 11 is 7.43. The fourth-order valence-electron chi connectivity index (χ4n) is 6.20. The number of methoxy groups -OCH3 is 1. The molecule has 0 radical (unpaired) electrons. The van der Waals surface area contributed by atoms with E-state index < -0.39 is 23.1 Å². The van der Waals surface area contributed by atoms with Crippen LogP contribution in [0, 0.1) is 17.6 Å². The molecule has 0 bridgehead atoms. The van der Waals surface area contributed by atoms with Crippen molar-refractivity contribution in [2.24, 2.45) is 5.92 Å². The van der Waals surface area contributed by atoms with Crippen molar-refractivity contribution in [3.05, 3.63) is 81.5 Å². The third-order valence-corrected chi connectivity index (χ3v) is 10.5. The Morgan fingerprint density at radius 1 is 1.00 bits per heavy atom. The van der Waals surface area contributed by atoms with Crippen LogP contribution in [0.5, 0.6) is 5.75 Å². The van der Waals surface area contributed by atoms with E-state index in [4.69, 9.17) is 21.1 Å². The van der Waals surface area contributed by atoms with Crippen LogP contribution in [0.25, 0.3) is 21.2 Å². The molecule has 4 aromatic rings. The highest BCUT2D eigenvalue weighted by atomic mass is 35.5. The number of carbonyl (C=O) groups is 3. The van der Waals surface area contributed by atoms with Gasteiger partial charge in [0.05, 0.1) is 22.2 Å². The van der Waals surface area contributed by atoms with E-state index in [1.165, 1.54) is 6.92 Å². The van der Waals surface area contributed by atoms with Gasteiger partial charge in [-0.3, -0.25) is 14.6 Å². The monoisotopic (exact) mass is 711 g/mol. The third kappa shape index (κ3) is 8.21. The van der Waals surface area contributed by atoms with E-state index in [0.29, 0.717) is 23.6 Å². The molecule has 12 heteroatoms. The highest BCUT2D eigenvalue weighted by Crippen LogP contribution is 2.40. The molecule has 1 saturated carbocycles. The molecule has 0 atom stereocenters. The lowest BCUT2D eigenvalue weighted by Gasteiger charge is -2.37. The van der Waals surface area contributed by atoms with Crippen LogP contribution in [-0.4, -0.2) is 64.9 Å². The van der Waals surface area contributed by atoms with Gasteiger partial charge < -0.3 is 19.3 Å². The number of fused-ring (bicyclic) bond motifs is 1. The number of nitrogens with zero attached hydrogens (tertiary/aromatic N) is 3. The van der Waals surface area contributed by atoms with Crippen LogP contribution in [0.1, 0.15) is 79.1 Å². The predicted octanol–water partition coefficient (Wildman–Crippen LogP) is 9.17. The number of pyridine rings is 1. The fraction of sp³-hybridized carbons (Fsp3) is 0.405. The number of rotatable bonds is 9. The smallest absolute Gasteiger partial charge is 0.410 e. The number of hydrogen-bond donors (Lipinski definition) is 0. The van der Waals surface area contributed by atoms with Crippen LogP contribution < -0.4 is 4.74 Å². The Kier molecular flexibility index (Phi) is 10.9. The third-order valence-electron chi connectivity index (χ3n) is 8.78. The van der Waals surface area contributed by atoms with Gasteiger partial charge >= 0.3 is 6.09 Å². The maximum atomic E-state index is 14.8. The number of hydrogen-bond acceptors (Lipinski definition) is 7. The lowest BCUT2D eigenvalue weighted by atomic mass is 9.85. The molecule has 1 fully saturated rings. The SMILES string of the molecule is COc1ccc(-c2ccnc(C(C)=O)c2)cc1CN(CC1CCC(N(C)C(=O)OC(C)(C)C)CC1)C(=O)c1sc2c(F)ccc(F)c2c1Cl. The highest BCUT2D eigenvalue weighted by molar-refractivity contribution is 7.21. The van der Waals surface area contributed by atoms with Gasteiger partial charge in [0.15, 0.2) is 5.78 Å². The minimum atomic E-state index is -0.702. The van der Waals surface area contributed by atoms with Gasteiger partial charge in [-0.2, -0.15) is 0 Å². The molecule has 2 aromatic carbocycles. The maximum Gasteiger partial charge on any atom is 0.410 e.